The van der Waals surface area contributed by atoms with E-state index in [9.17, 15) is 0 Å². The highest BCUT2D eigenvalue weighted by atomic mass is 35.5. The van der Waals surface area contributed by atoms with Crippen LogP contribution in [0.4, 0.5) is 0 Å². The summed E-state index contributed by atoms with van der Waals surface area (Å²) in [6.45, 7) is 8.47. The predicted molar refractivity (Wildman–Crippen MR) is 84.9 cm³/mol. The van der Waals surface area contributed by atoms with Crippen molar-refractivity contribution in [1.82, 2.24) is 0 Å². The van der Waals surface area contributed by atoms with Crippen molar-refractivity contribution in [1.29, 1.82) is 0 Å². The van der Waals surface area contributed by atoms with Gasteiger partial charge in [-0.25, -0.2) is 0 Å². The Bertz CT molecular complexity index is 427. The molecule has 0 unspecified atom stereocenters. The number of halogens is 1. The zero-order valence-corrected chi connectivity index (χ0v) is 12.9. The number of piperidine rings is 1. The van der Waals surface area contributed by atoms with Gasteiger partial charge in [-0.3, -0.25) is 0 Å². The SMILES string of the molecule is C=CCc1cc(Cl)ccc1OCCC[NH+]1CCCCC1. The maximum absolute atomic E-state index is 6.02. The van der Waals surface area contributed by atoms with Gasteiger partial charge >= 0.3 is 0 Å². The van der Waals surface area contributed by atoms with Crippen LogP contribution in [0.15, 0.2) is 30.9 Å². The summed E-state index contributed by atoms with van der Waals surface area (Å²) in [5.41, 5.74) is 1.12. The standard InChI is InChI=1S/C17H24ClNO/c1-2-7-15-14-16(18)8-9-17(15)20-13-6-12-19-10-4-3-5-11-19/h2,8-9,14H,1,3-7,10-13H2/p+1. The predicted octanol–water partition coefficient (Wildman–Crippen LogP) is 2.91. The van der Waals surface area contributed by atoms with Gasteiger partial charge < -0.3 is 9.64 Å². The second-order valence-electron chi connectivity index (χ2n) is 5.51. The maximum atomic E-state index is 6.02. The molecule has 0 radical (unpaired) electrons. The number of likely N-dealkylation sites (tertiary alicyclic amines) is 1. The van der Waals surface area contributed by atoms with Crippen LogP contribution in [-0.2, 0) is 6.42 Å². The van der Waals surface area contributed by atoms with Crippen LogP contribution in [0.25, 0.3) is 0 Å². The van der Waals surface area contributed by atoms with E-state index in [4.69, 9.17) is 16.3 Å². The molecule has 1 heterocycles. The van der Waals surface area contributed by atoms with Crippen molar-refractivity contribution in [2.45, 2.75) is 32.1 Å². The Morgan fingerprint density at radius 2 is 2.05 bits per heavy atom. The first kappa shape index (κ1) is 15.4. The molecule has 0 aliphatic carbocycles. The van der Waals surface area contributed by atoms with Gasteiger partial charge in [-0.15, -0.1) is 6.58 Å². The lowest BCUT2D eigenvalue weighted by Crippen LogP contribution is -3.12. The lowest BCUT2D eigenvalue weighted by atomic mass is 10.1. The van der Waals surface area contributed by atoms with E-state index in [0.717, 1.165) is 35.8 Å². The summed E-state index contributed by atoms with van der Waals surface area (Å²) in [7, 11) is 0. The summed E-state index contributed by atoms with van der Waals surface area (Å²) < 4.78 is 5.92. The monoisotopic (exact) mass is 294 g/mol. The largest absolute Gasteiger partial charge is 0.493 e. The Morgan fingerprint density at radius 3 is 2.80 bits per heavy atom. The molecule has 3 heteroatoms. The van der Waals surface area contributed by atoms with E-state index >= 15 is 0 Å². The van der Waals surface area contributed by atoms with Crippen LogP contribution in [-0.4, -0.2) is 26.2 Å². The fraction of sp³-hybridized carbons (Fsp3) is 0.529. The minimum Gasteiger partial charge on any atom is -0.493 e. The van der Waals surface area contributed by atoms with Gasteiger partial charge in [0.05, 0.1) is 26.2 Å². The van der Waals surface area contributed by atoms with Gasteiger partial charge in [-0.2, -0.15) is 0 Å². The molecule has 0 aromatic heterocycles. The molecule has 0 amide bonds. The fourth-order valence-electron chi connectivity index (χ4n) is 2.81. The zero-order chi connectivity index (χ0) is 14.2. The highest BCUT2D eigenvalue weighted by Gasteiger charge is 2.12. The number of nitrogens with one attached hydrogen (secondary N) is 1. The summed E-state index contributed by atoms with van der Waals surface area (Å²) in [6, 6.07) is 5.82. The number of hydrogen-bond acceptors (Lipinski definition) is 1. The summed E-state index contributed by atoms with van der Waals surface area (Å²) in [4.78, 5) is 1.74. The first-order valence-corrected chi connectivity index (χ1v) is 8.03. The molecule has 1 fully saturated rings. The highest BCUT2D eigenvalue weighted by Crippen LogP contribution is 2.23. The van der Waals surface area contributed by atoms with Crippen LogP contribution in [0.5, 0.6) is 5.75 Å². The third kappa shape index (κ3) is 4.84. The quantitative estimate of drug-likeness (QED) is 0.603. The molecule has 1 aromatic rings. The molecule has 0 atom stereocenters. The number of benzene rings is 1. The second-order valence-corrected chi connectivity index (χ2v) is 5.94. The third-order valence-corrected chi connectivity index (χ3v) is 4.11. The van der Waals surface area contributed by atoms with Gasteiger partial charge in [0.15, 0.2) is 0 Å². The van der Waals surface area contributed by atoms with Crippen molar-refractivity contribution < 1.29 is 9.64 Å². The third-order valence-electron chi connectivity index (χ3n) is 3.88. The molecule has 1 aromatic carbocycles. The lowest BCUT2D eigenvalue weighted by Gasteiger charge is -2.23. The van der Waals surface area contributed by atoms with Crippen LogP contribution >= 0.6 is 11.6 Å². The smallest absolute Gasteiger partial charge is 0.122 e. The van der Waals surface area contributed by atoms with Crippen LogP contribution in [0.1, 0.15) is 31.2 Å². The number of quaternary nitrogens is 1. The van der Waals surface area contributed by atoms with Gasteiger partial charge in [0, 0.05) is 11.4 Å². The highest BCUT2D eigenvalue weighted by molar-refractivity contribution is 6.30. The molecule has 1 N–H and O–H groups in total. The Hall–Kier alpha value is -0.990. The zero-order valence-electron chi connectivity index (χ0n) is 12.2. The van der Waals surface area contributed by atoms with Crippen molar-refractivity contribution in [3.63, 3.8) is 0 Å². The van der Waals surface area contributed by atoms with E-state index in [-0.39, 0.29) is 0 Å². The van der Waals surface area contributed by atoms with E-state index in [1.807, 2.05) is 24.3 Å². The first-order chi connectivity index (χ1) is 9.79. The summed E-state index contributed by atoms with van der Waals surface area (Å²) in [5, 5.41) is 0.756. The average molecular weight is 295 g/mol. The van der Waals surface area contributed by atoms with Gasteiger partial charge in [0.1, 0.15) is 5.75 Å². The molecule has 20 heavy (non-hydrogen) atoms. The molecule has 110 valence electrons. The van der Waals surface area contributed by atoms with Crippen LogP contribution < -0.4 is 9.64 Å². The summed E-state index contributed by atoms with van der Waals surface area (Å²) >= 11 is 6.02. The van der Waals surface area contributed by atoms with Crippen LogP contribution in [0.3, 0.4) is 0 Å². The minimum absolute atomic E-state index is 0.756. The van der Waals surface area contributed by atoms with Gasteiger partial charge in [0.25, 0.3) is 0 Å². The number of rotatable bonds is 7. The van der Waals surface area contributed by atoms with E-state index in [1.165, 1.54) is 38.9 Å². The van der Waals surface area contributed by atoms with Crippen LogP contribution in [0, 0.1) is 0 Å². The molecule has 1 aliphatic heterocycles. The van der Waals surface area contributed by atoms with E-state index in [0.29, 0.717) is 0 Å². The summed E-state index contributed by atoms with van der Waals surface area (Å²) in [5.74, 6) is 0.947. The number of hydrogen-bond donors (Lipinski definition) is 1. The molecular formula is C17H25ClNO+. The van der Waals surface area contributed by atoms with Crippen molar-refractivity contribution in [2.24, 2.45) is 0 Å². The topological polar surface area (TPSA) is 13.7 Å². The Kier molecular flexibility index (Phi) is 6.41. The molecule has 0 spiro atoms. The van der Waals surface area contributed by atoms with Gasteiger partial charge in [-0.05, 0) is 49.4 Å². The molecule has 0 bridgehead atoms. The van der Waals surface area contributed by atoms with E-state index in [2.05, 4.69) is 6.58 Å². The molecule has 2 rings (SSSR count). The lowest BCUT2D eigenvalue weighted by molar-refractivity contribution is -0.905. The van der Waals surface area contributed by atoms with Crippen molar-refractivity contribution >= 4 is 11.6 Å². The van der Waals surface area contributed by atoms with Gasteiger partial charge in [0.2, 0.25) is 0 Å². The number of allylic oxidation sites excluding steroid dienone is 1. The first-order valence-electron chi connectivity index (χ1n) is 7.65. The van der Waals surface area contributed by atoms with E-state index in [1.54, 1.807) is 4.90 Å². The minimum atomic E-state index is 0.756. The molecule has 2 nitrogen and oxygen atoms in total. The van der Waals surface area contributed by atoms with Gasteiger partial charge in [-0.1, -0.05) is 17.7 Å². The molecule has 1 aliphatic rings. The Balaban J connectivity index is 1.76. The van der Waals surface area contributed by atoms with Crippen LogP contribution in [0.2, 0.25) is 5.02 Å². The van der Waals surface area contributed by atoms with Crippen molar-refractivity contribution in [3.05, 3.63) is 41.4 Å². The molecule has 0 saturated carbocycles. The maximum Gasteiger partial charge on any atom is 0.122 e. The van der Waals surface area contributed by atoms with Crippen molar-refractivity contribution in [2.75, 3.05) is 26.2 Å². The second kappa shape index (κ2) is 8.33. The summed E-state index contributed by atoms with van der Waals surface area (Å²) in [6.07, 6.45) is 7.98. The molecular weight excluding hydrogens is 270 g/mol. The normalized spacial score (nSPS) is 16.1. The molecule has 1 saturated heterocycles. The Morgan fingerprint density at radius 1 is 1.25 bits per heavy atom. The fourth-order valence-corrected chi connectivity index (χ4v) is 3.00. The van der Waals surface area contributed by atoms with Crippen molar-refractivity contribution in [3.8, 4) is 5.75 Å². The van der Waals surface area contributed by atoms with E-state index < -0.39 is 0 Å². The Labute approximate surface area is 127 Å². The average Bonchev–Trinajstić information content (AvgIpc) is 2.47. The number of ether oxygens (including phenoxy) is 1.